The summed E-state index contributed by atoms with van der Waals surface area (Å²) in [5, 5.41) is 0.802. The minimum atomic E-state index is 0.354. The van der Waals surface area contributed by atoms with Crippen molar-refractivity contribution in [2.75, 3.05) is 7.11 Å². The van der Waals surface area contributed by atoms with E-state index >= 15 is 0 Å². The van der Waals surface area contributed by atoms with E-state index in [0.29, 0.717) is 21.3 Å². The zero-order chi connectivity index (χ0) is 8.43. The van der Waals surface area contributed by atoms with Crippen molar-refractivity contribution in [2.45, 2.75) is 0 Å². The predicted octanol–water partition coefficient (Wildman–Crippen LogP) is 1.80. The standard InChI is InChI=1S/C7H5BCl2O/c1-11-5-3-2-4(9)6(8)7(5)10/h2-3H,1H3. The number of ether oxygens (including phenoxy) is 1. The van der Waals surface area contributed by atoms with Crippen LogP contribution in [0.25, 0.3) is 0 Å². The van der Waals surface area contributed by atoms with Gasteiger partial charge in [-0.3, -0.25) is 0 Å². The van der Waals surface area contributed by atoms with Gasteiger partial charge in [0.1, 0.15) is 13.6 Å². The molecule has 1 nitrogen and oxygen atoms in total. The number of methoxy groups -OCH3 is 1. The minimum absolute atomic E-state index is 0.354. The molecule has 0 fully saturated rings. The van der Waals surface area contributed by atoms with Crippen LogP contribution >= 0.6 is 23.2 Å². The van der Waals surface area contributed by atoms with Gasteiger partial charge in [-0.05, 0) is 12.1 Å². The summed E-state index contributed by atoms with van der Waals surface area (Å²) in [4.78, 5) is 0. The largest absolute Gasteiger partial charge is 0.495 e. The summed E-state index contributed by atoms with van der Waals surface area (Å²) in [5.41, 5.74) is 0.354. The molecule has 0 aliphatic carbocycles. The van der Waals surface area contributed by atoms with Crippen LogP contribution < -0.4 is 10.2 Å². The molecule has 56 valence electrons. The Labute approximate surface area is 76.7 Å². The van der Waals surface area contributed by atoms with E-state index in [4.69, 9.17) is 35.8 Å². The van der Waals surface area contributed by atoms with Crippen molar-refractivity contribution < 1.29 is 4.74 Å². The molecule has 0 spiro atoms. The normalized spacial score (nSPS) is 9.73. The number of benzene rings is 1. The highest BCUT2D eigenvalue weighted by Crippen LogP contribution is 2.23. The first kappa shape index (κ1) is 8.76. The third-order valence-corrected chi connectivity index (χ3v) is 2.03. The highest BCUT2D eigenvalue weighted by Gasteiger charge is 2.05. The maximum absolute atomic E-state index is 5.76. The fraction of sp³-hybridized carbons (Fsp3) is 0.143. The van der Waals surface area contributed by atoms with Crippen molar-refractivity contribution in [3.8, 4) is 5.75 Å². The van der Waals surface area contributed by atoms with E-state index < -0.39 is 0 Å². The van der Waals surface area contributed by atoms with Crippen LogP contribution in [0.4, 0.5) is 0 Å². The summed E-state index contributed by atoms with van der Waals surface area (Å²) in [6, 6.07) is 3.31. The molecule has 0 aliphatic heterocycles. The van der Waals surface area contributed by atoms with E-state index in [1.165, 1.54) is 7.11 Å². The molecule has 0 N–H and O–H groups in total. The van der Waals surface area contributed by atoms with Gasteiger partial charge in [0, 0.05) is 5.02 Å². The topological polar surface area (TPSA) is 9.23 Å². The quantitative estimate of drug-likeness (QED) is 0.608. The average molecular weight is 187 g/mol. The van der Waals surface area contributed by atoms with Crippen LogP contribution in [0.5, 0.6) is 5.75 Å². The van der Waals surface area contributed by atoms with E-state index in [1.807, 2.05) is 0 Å². The lowest BCUT2D eigenvalue weighted by atomic mass is 9.96. The second kappa shape index (κ2) is 3.37. The molecule has 0 amide bonds. The second-order valence-corrected chi connectivity index (χ2v) is 2.76. The maximum Gasteiger partial charge on any atom is 0.136 e. The Morgan fingerprint density at radius 3 is 2.55 bits per heavy atom. The maximum atomic E-state index is 5.76. The first-order valence-corrected chi connectivity index (χ1v) is 3.70. The molecule has 0 unspecified atom stereocenters. The van der Waals surface area contributed by atoms with E-state index in [1.54, 1.807) is 12.1 Å². The van der Waals surface area contributed by atoms with Gasteiger partial charge in [0.05, 0.1) is 12.1 Å². The van der Waals surface area contributed by atoms with Gasteiger partial charge < -0.3 is 4.74 Å². The van der Waals surface area contributed by atoms with Crippen LogP contribution in [0.15, 0.2) is 12.1 Å². The lowest BCUT2D eigenvalue weighted by molar-refractivity contribution is 0.415. The van der Waals surface area contributed by atoms with E-state index in [0.717, 1.165) is 0 Å². The Morgan fingerprint density at radius 2 is 2.00 bits per heavy atom. The third kappa shape index (κ3) is 1.63. The minimum Gasteiger partial charge on any atom is -0.495 e. The number of hydrogen-bond donors (Lipinski definition) is 0. The highest BCUT2D eigenvalue weighted by atomic mass is 35.5. The van der Waals surface area contributed by atoms with Gasteiger partial charge in [-0.2, -0.15) is 0 Å². The summed E-state index contributed by atoms with van der Waals surface area (Å²) in [6.45, 7) is 0. The fourth-order valence-corrected chi connectivity index (χ4v) is 1.15. The van der Waals surface area contributed by atoms with Gasteiger partial charge in [-0.15, -0.1) is 0 Å². The van der Waals surface area contributed by atoms with Crippen LogP contribution in [-0.2, 0) is 0 Å². The zero-order valence-corrected chi connectivity index (χ0v) is 7.41. The molecule has 2 radical (unpaired) electrons. The summed E-state index contributed by atoms with van der Waals surface area (Å²) < 4.78 is 4.91. The predicted molar refractivity (Wildman–Crippen MR) is 48.4 cm³/mol. The summed E-state index contributed by atoms with van der Waals surface area (Å²) >= 11 is 11.4. The average Bonchev–Trinajstić information content (AvgIpc) is 2.01. The number of hydrogen-bond acceptors (Lipinski definition) is 1. The van der Waals surface area contributed by atoms with Crippen LogP contribution in [-0.4, -0.2) is 15.0 Å². The Hall–Kier alpha value is -0.335. The Morgan fingerprint density at radius 1 is 1.36 bits per heavy atom. The summed E-state index contributed by atoms with van der Waals surface area (Å²) in [6.07, 6.45) is 0. The summed E-state index contributed by atoms with van der Waals surface area (Å²) in [7, 11) is 7.04. The smallest absolute Gasteiger partial charge is 0.136 e. The molecule has 0 aromatic heterocycles. The van der Waals surface area contributed by atoms with Crippen molar-refractivity contribution in [3.05, 3.63) is 22.2 Å². The van der Waals surface area contributed by atoms with Crippen molar-refractivity contribution in [2.24, 2.45) is 0 Å². The monoisotopic (exact) mass is 186 g/mol. The molecule has 0 atom stereocenters. The van der Waals surface area contributed by atoms with Crippen molar-refractivity contribution in [1.82, 2.24) is 0 Å². The van der Waals surface area contributed by atoms with Gasteiger partial charge >= 0.3 is 0 Å². The number of halogens is 2. The molecule has 1 rings (SSSR count). The van der Waals surface area contributed by atoms with Crippen molar-refractivity contribution in [3.63, 3.8) is 0 Å². The van der Waals surface area contributed by atoms with Crippen molar-refractivity contribution >= 4 is 36.5 Å². The molecule has 0 heterocycles. The van der Waals surface area contributed by atoms with E-state index in [2.05, 4.69) is 0 Å². The van der Waals surface area contributed by atoms with E-state index in [9.17, 15) is 0 Å². The molecule has 0 saturated heterocycles. The molecule has 0 bridgehead atoms. The van der Waals surface area contributed by atoms with Crippen LogP contribution in [0.3, 0.4) is 0 Å². The lowest BCUT2D eigenvalue weighted by Crippen LogP contribution is -2.06. The molecular weight excluding hydrogens is 182 g/mol. The summed E-state index contributed by atoms with van der Waals surface area (Å²) in [5.74, 6) is 0.536. The van der Waals surface area contributed by atoms with Crippen LogP contribution in [0.1, 0.15) is 0 Å². The van der Waals surface area contributed by atoms with Gasteiger partial charge in [0.2, 0.25) is 0 Å². The van der Waals surface area contributed by atoms with E-state index in [-0.39, 0.29) is 0 Å². The third-order valence-electron chi connectivity index (χ3n) is 1.31. The van der Waals surface area contributed by atoms with Crippen molar-refractivity contribution in [1.29, 1.82) is 0 Å². The molecule has 0 aliphatic rings. The fourth-order valence-electron chi connectivity index (χ4n) is 0.707. The molecule has 11 heavy (non-hydrogen) atoms. The SMILES string of the molecule is [B]c1c(Cl)ccc(OC)c1Cl. The van der Waals surface area contributed by atoms with Gasteiger partial charge in [0.25, 0.3) is 0 Å². The Bertz CT molecular complexity index is 275. The zero-order valence-electron chi connectivity index (χ0n) is 5.90. The second-order valence-electron chi connectivity index (χ2n) is 1.98. The first-order chi connectivity index (χ1) is 5.16. The Kier molecular flexibility index (Phi) is 2.69. The highest BCUT2D eigenvalue weighted by molar-refractivity contribution is 6.52. The number of rotatable bonds is 1. The Balaban J connectivity index is 3.25. The van der Waals surface area contributed by atoms with Crippen LogP contribution in [0.2, 0.25) is 10.0 Å². The molecule has 4 heteroatoms. The molecule has 1 aromatic rings. The molecule has 1 aromatic carbocycles. The lowest BCUT2D eigenvalue weighted by Gasteiger charge is -2.06. The molecular formula is C7H5BCl2O. The van der Waals surface area contributed by atoms with Gasteiger partial charge in [0.15, 0.2) is 0 Å². The first-order valence-electron chi connectivity index (χ1n) is 2.94. The van der Waals surface area contributed by atoms with Gasteiger partial charge in [-0.25, -0.2) is 0 Å². The molecule has 0 saturated carbocycles. The van der Waals surface area contributed by atoms with Gasteiger partial charge in [-0.1, -0.05) is 28.7 Å². The van der Waals surface area contributed by atoms with Crippen LogP contribution in [0, 0.1) is 0 Å².